The van der Waals surface area contributed by atoms with Gasteiger partial charge < -0.3 is 5.32 Å². The first-order valence-corrected chi connectivity index (χ1v) is 6.00. The normalized spacial score (nSPS) is 17.4. The largest absolute Gasteiger partial charge is 0.377 e. The van der Waals surface area contributed by atoms with Crippen LogP contribution in [0.1, 0.15) is 24.2 Å². The Morgan fingerprint density at radius 1 is 1.29 bits per heavy atom. The Bertz CT molecular complexity index is 539. The lowest BCUT2D eigenvalue weighted by Crippen LogP contribution is -2.10. The quantitative estimate of drug-likeness (QED) is 0.796. The van der Waals surface area contributed by atoms with E-state index in [4.69, 9.17) is 0 Å². The fourth-order valence-electron chi connectivity index (χ4n) is 2.22. The van der Waals surface area contributed by atoms with Gasteiger partial charge in [0.15, 0.2) is 0 Å². The number of pyridine rings is 1. The van der Waals surface area contributed by atoms with Crippen LogP contribution in [0.2, 0.25) is 0 Å². The summed E-state index contributed by atoms with van der Waals surface area (Å²) in [5, 5.41) is 3.37. The summed E-state index contributed by atoms with van der Waals surface area (Å²) in [4.78, 5) is 9.08. The number of rotatable bonds is 1. The zero-order valence-electron chi connectivity index (χ0n) is 9.90. The highest BCUT2D eigenvalue weighted by Gasteiger charge is 2.15. The minimum absolute atomic E-state index is 0.779. The Labute approximate surface area is 101 Å². The molecule has 3 nitrogen and oxygen atoms in total. The Morgan fingerprint density at radius 3 is 3.06 bits per heavy atom. The molecule has 0 saturated carbocycles. The van der Waals surface area contributed by atoms with Crippen molar-refractivity contribution in [2.45, 2.75) is 19.8 Å². The predicted molar refractivity (Wildman–Crippen MR) is 72.0 cm³/mol. The zero-order valence-corrected chi connectivity index (χ0v) is 9.90. The maximum Gasteiger partial charge on any atom is 0.0955 e. The van der Waals surface area contributed by atoms with E-state index in [2.05, 4.69) is 33.5 Å². The van der Waals surface area contributed by atoms with Crippen molar-refractivity contribution in [3.8, 4) is 0 Å². The van der Waals surface area contributed by atoms with Gasteiger partial charge in [-0.25, -0.2) is 0 Å². The van der Waals surface area contributed by atoms with Crippen LogP contribution in [0, 0.1) is 6.92 Å². The SMILES string of the molecule is Cc1cc2c(c(C3=CCCC=C3)n1)NCC=N2. The molecule has 2 aliphatic rings. The van der Waals surface area contributed by atoms with E-state index in [0.29, 0.717) is 0 Å². The van der Waals surface area contributed by atoms with Crippen molar-refractivity contribution in [2.24, 2.45) is 4.99 Å². The number of anilines is 1. The Balaban J connectivity index is 2.15. The zero-order chi connectivity index (χ0) is 11.7. The number of aromatic nitrogens is 1. The van der Waals surface area contributed by atoms with Gasteiger partial charge in [0.05, 0.1) is 23.6 Å². The van der Waals surface area contributed by atoms with E-state index in [-0.39, 0.29) is 0 Å². The Kier molecular flexibility index (Phi) is 2.52. The second kappa shape index (κ2) is 4.17. The highest BCUT2D eigenvalue weighted by atomic mass is 15.0. The number of allylic oxidation sites excluding steroid dienone is 4. The molecular formula is C14H15N3. The van der Waals surface area contributed by atoms with E-state index >= 15 is 0 Å². The van der Waals surface area contributed by atoms with Crippen molar-refractivity contribution in [3.05, 3.63) is 35.7 Å². The van der Waals surface area contributed by atoms with Gasteiger partial charge in [0.25, 0.3) is 0 Å². The molecule has 0 amide bonds. The molecule has 1 aromatic rings. The van der Waals surface area contributed by atoms with Crippen molar-refractivity contribution in [2.75, 3.05) is 11.9 Å². The number of fused-ring (bicyclic) bond motifs is 1. The molecule has 0 fully saturated rings. The number of nitrogens with zero attached hydrogens (tertiary/aromatic N) is 2. The monoisotopic (exact) mass is 225 g/mol. The molecule has 1 aliphatic heterocycles. The first-order chi connectivity index (χ1) is 8.34. The van der Waals surface area contributed by atoms with Crippen LogP contribution in [0.5, 0.6) is 0 Å². The molecule has 3 rings (SSSR count). The summed E-state index contributed by atoms with van der Waals surface area (Å²) in [5.41, 5.74) is 5.32. The molecule has 0 aromatic carbocycles. The van der Waals surface area contributed by atoms with Crippen molar-refractivity contribution in [1.29, 1.82) is 0 Å². The lowest BCUT2D eigenvalue weighted by molar-refractivity contribution is 1.03. The van der Waals surface area contributed by atoms with E-state index in [1.54, 1.807) is 0 Å². The van der Waals surface area contributed by atoms with Gasteiger partial charge >= 0.3 is 0 Å². The van der Waals surface area contributed by atoms with Crippen LogP contribution >= 0.6 is 0 Å². The minimum atomic E-state index is 0.779. The minimum Gasteiger partial charge on any atom is -0.377 e. The van der Waals surface area contributed by atoms with Gasteiger partial charge in [-0.3, -0.25) is 9.98 Å². The van der Waals surface area contributed by atoms with E-state index in [9.17, 15) is 0 Å². The lowest BCUT2D eigenvalue weighted by atomic mass is 10.0. The van der Waals surface area contributed by atoms with Gasteiger partial charge in [-0.15, -0.1) is 0 Å². The van der Waals surface area contributed by atoms with Gasteiger partial charge in [0.1, 0.15) is 0 Å². The second-order valence-electron chi connectivity index (χ2n) is 4.34. The predicted octanol–water partition coefficient (Wildman–Crippen LogP) is 3.25. The van der Waals surface area contributed by atoms with Crippen LogP contribution in [0.4, 0.5) is 11.4 Å². The molecule has 0 saturated heterocycles. The van der Waals surface area contributed by atoms with E-state index in [1.807, 2.05) is 19.2 Å². The summed E-state index contributed by atoms with van der Waals surface area (Å²) in [6.07, 6.45) is 10.7. The summed E-state index contributed by atoms with van der Waals surface area (Å²) in [5.74, 6) is 0. The number of hydrogen-bond donors (Lipinski definition) is 1. The van der Waals surface area contributed by atoms with E-state index < -0.39 is 0 Å². The summed E-state index contributed by atoms with van der Waals surface area (Å²) < 4.78 is 0. The molecule has 17 heavy (non-hydrogen) atoms. The molecule has 0 unspecified atom stereocenters. The number of aryl methyl sites for hydroxylation is 1. The molecule has 1 aromatic heterocycles. The Hall–Kier alpha value is -1.90. The fourth-order valence-corrected chi connectivity index (χ4v) is 2.22. The van der Waals surface area contributed by atoms with E-state index in [0.717, 1.165) is 42.1 Å². The van der Waals surface area contributed by atoms with Crippen LogP contribution in [0.15, 0.2) is 29.3 Å². The van der Waals surface area contributed by atoms with Crippen LogP contribution < -0.4 is 5.32 Å². The summed E-state index contributed by atoms with van der Waals surface area (Å²) >= 11 is 0. The average molecular weight is 225 g/mol. The van der Waals surface area contributed by atoms with Gasteiger partial charge in [0, 0.05) is 11.9 Å². The molecule has 1 aliphatic carbocycles. The third-order valence-electron chi connectivity index (χ3n) is 3.00. The smallest absolute Gasteiger partial charge is 0.0955 e. The van der Waals surface area contributed by atoms with Crippen LogP contribution in [0.3, 0.4) is 0 Å². The molecular weight excluding hydrogens is 210 g/mol. The maximum absolute atomic E-state index is 4.65. The number of aliphatic imine (C=N–C) groups is 1. The van der Waals surface area contributed by atoms with Gasteiger partial charge in [0.2, 0.25) is 0 Å². The maximum atomic E-state index is 4.65. The third kappa shape index (κ3) is 1.88. The van der Waals surface area contributed by atoms with Crippen LogP contribution in [-0.4, -0.2) is 17.7 Å². The van der Waals surface area contributed by atoms with Crippen molar-refractivity contribution in [3.63, 3.8) is 0 Å². The summed E-state index contributed by atoms with van der Waals surface area (Å²) in [7, 11) is 0. The molecule has 0 spiro atoms. The molecule has 2 heterocycles. The first-order valence-electron chi connectivity index (χ1n) is 6.00. The molecule has 1 N–H and O–H groups in total. The molecule has 0 atom stereocenters. The topological polar surface area (TPSA) is 37.3 Å². The van der Waals surface area contributed by atoms with Crippen molar-refractivity contribution >= 4 is 23.2 Å². The highest BCUT2D eigenvalue weighted by molar-refractivity contribution is 5.90. The van der Waals surface area contributed by atoms with Gasteiger partial charge in [-0.1, -0.05) is 18.2 Å². The molecule has 86 valence electrons. The van der Waals surface area contributed by atoms with Crippen LogP contribution in [0.25, 0.3) is 5.57 Å². The summed E-state index contributed by atoms with van der Waals surface area (Å²) in [6, 6.07) is 2.02. The number of nitrogens with one attached hydrogen (secondary N) is 1. The first kappa shape index (κ1) is 10.3. The number of hydrogen-bond acceptors (Lipinski definition) is 3. The third-order valence-corrected chi connectivity index (χ3v) is 3.00. The van der Waals surface area contributed by atoms with Crippen molar-refractivity contribution < 1.29 is 0 Å². The van der Waals surface area contributed by atoms with Gasteiger partial charge in [-0.2, -0.15) is 0 Å². The molecule has 0 radical (unpaired) electrons. The Morgan fingerprint density at radius 2 is 2.24 bits per heavy atom. The van der Waals surface area contributed by atoms with Crippen LogP contribution in [-0.2, 0) is 0 Å². The molecule has 0 bridgehead atoms. The summed E-state index contributed by atoms with van der Waals surface area (Å²) in [6.45, 7) is 2.79. The standard InChI is InChI=1S/C14H15N3/c1-10-9-12-14(16-8-7-15-12)13(17-10)11-5-3-2-4-6-11/h3,5-7,9,16H,2,4,8H2,1H3. The van der Waals surface area contributed by atoms with Gasteiger partial charge in [-0.05, 0) is 31.4 Å². The highest BCUT2D eigenvalue weighted by Crippen LogP contribution is 2.35. The second-order valence-corrected chi connectivity index (χ2v) is 4.34. The van der Waals surface area contributed by atoms with E-state index in [1.165, 1.54) is 5.57 Å². The fraction of sp³-hybridized carbons (Fsp3) is 0.286. The lowest BCUT2D eigenvalue weighted by Gasteiger charge is -2.18. The van der Waals surface area contributed by atoms with Crippen molar-refractivity contribution in [1.82, 2.24) is 4.98 Å². The molecule has 3 heteroatoms. The average Bonchev–Trinajstić information content (AvgIpc) is 2.39.